The van der Waals surface area contributed by atoms with Crippen molar-refractivity contribution in [2.24, 2.45) is 5.73 Å². The second kappa shape index (κ2) is 10.8. The van der Waals surface area contributed by atoms with Crippen LogP contribution in [0.15, 0.2) is 0 Å². The minimum Gasteiger partial charge on any atom is -0.393 e. The Bertz CT molecular complexity index is 183. The molecular formula is C15H33NO2. The monoisotopic (exact) mass is 259 g/mol. The largest absolute Gasteiger partial charge is 0.393 e. The van der Waals surface area contributed by atoms with Gasteiger partial charge in [0.05, 0.1) is 11.7 Å². The summed E-state index contributed by atoms with van der Waals surface area (Å²) in [6.07, 6.45) is 10.9. The molecule has 0 amide bonds. The van der Waals surface area contributed by atoms with Crippen LogP contribution in [0.3, 0.4) is 0 Å². The molecule has 0 fully saturated rings. The lowest BCUT2D eigenvalue weighted by Crippen LogP contribution is -2.37. The second-order valence-electron chi connectivity index (χ2n) is 5.82. The van der Waals surface area contributed by atoms with Gasteiger partial charge in [0, 0.05) is 13.0 Å². The van der Waals surface area contributed by atoms with E-state index in [4.69, 9.17) is 5.73 Å². The number of nitrogens with two attached hydrogens (primary N) is 1. The maximum Gasteiger partial charge on any atom is 0.0766 e. The van der Waals surface area contributed by atoms with E-state index in [1.165, 1.54) is 44.9 Å². The molecule has 0 rings (SSSR count). The summed E-state index contributed by atoms with van der Waals surface area (Å²) in [5.41, 5.74) is 4.51. The molecular weight excluding hydrogens is 226 g/mol. The summed E-state index contributed by atoms with van der Waals surface area (Å²) in [5, 5.41) is 19.5. The molecule has 0 aliphatic rings. The number of unbranched alkanes of at least 4 members (excludes halogenated alkanes) is 7. The van der Waals surface area contributed by atoms with Gasteiger partial charge in [-0.05, 0) is 13.3 Å². The zero-order valence-electron chi connectivity index (χ0n) is 12.3. The molecule has 3 heteroatoms. The molecule has 2 atom stereocenters. The first-order valence-electron chi connectivity index (χ1n) is 7.62. The molecule has 0 aromatic rings. The lowest BCUT2D eigenvalue weighted by molar-refractivity contribution is 0.00761. The quantitative estimate of drug-likeness (QED) is 0.472. The summed E-state index contributed by atoms with van der Waals surface area (Å²) in [7, 11) is 0. The van der Waals surface area contributed by atoms with Crippen LogP contribution in [0.25, 0.3) is 0 Å². The van der Waals surface area contributed by atoms with Gasteiger partial charge in [-0.25, -0.2) is 0 Å². The smallest absolute Gasteiger partial charge is 0.0766 e. The average Bonchev–Trinajstić information content (AvgIpc) is 2.32. The fourth-order valence-electron chi connectivity index (χ4n) is 2.21. The van der Waals surface area contributed by atoms with E-state index in [1.807, 2.05) is 0 Å². The predicted octanol–water partition coefficient (Wildman–Crippen LogP) is 2.98. The zero-order chi connectivity index (χ0) is 13.9. The first-order chi connectivity index (χ1) is 8.52. The van der Waals surface area contributed by atoms with Gasteiger partial charge in [-0.1, -0.05) is 58.3 Å². The summed E-state index contributed by atoms with van der Waals surface area (Å²) in [6, 6.07) is 0. The maximum absolute atomic E-state index is 9.77. The predicted molar refractivity (Wildman–Crippen MR) is 77.5 cm³/mol. The molecule has 0 aromatic heterocycles. The van der Waals surface area contributed by atoms with Gasteiger partial charge < -0.3 is 15.9 Å². The highest BCUT2D eigenvalue weighted by Gasteiger charge is 2.22. The Morgan fingerprint density at radius 2 is 1.50 bits per heavy atom. The highest BCUT2D eigenvalue weighted by atomic mass is 16.3. The van der Waals surface area contributed by atoms with E-state index in [-0.39, 0.29) is 6.54 Å². The van der Waals surface area contributed by atoms with Gasteiger partial charge in [0.25, 0.3) is 0 Å². The third-order valence-electron chi connectivity index (χ3n) is 3.51. The van der Waals surface area contributed by atoms with E-state index in [9.17, 15) is 10.2 Å². The standard InChI is InChI=1S/C15H33NO2/c1-3-4-5-6-7-8-9-10-11-14(17)12-15(2,18)13-16/h14,17-18H,3-13,16H2,1-2H3. The summed E-state index contributed by atoms with van der Waals surface area (Å²) < 4.78 is 0. The number of rotatable bonds is 12. The number of aliphatic hydroxyl groups is 2. The van der Waals surface area contributed by atoms with Crippen molar-refractivity contribution >= 4 is 0 Å². The van der Waals surface area contributed by atoms with E-state index in [0.717, 1.165) is 12.8 Å². The molecule has 0 aliphatic heterocycles. The van der Waals surface area contributed by atoms with E-state index in [1.54, 1.807) is 6.92 Å². The fourth-order valence-corrected chi connectivity index (χ4v) is 2.21. The molecule has 4 N–H and O–H groups in total. The third-order valence-corrected chi connectivity index (χ3v) is 3.51. The topological polar surface area (TPSA) is 66.5 Å². The van der Waals surface area contributed by atoms with Gasteiger partial charge in [-0.3, -0.25) is 0 Å². The number of hydrogen-bond donors (Lipinski definition) is 3. The van der Waals surface area contributed by atoms with Gasteiger partial charge in [0.15, 0.2) is 0 Å². The van der Waals surface area contributed by atoms with Crippen molar-refractivity contribution in [1.82, 2.24) is 0 Å². The van der Waals surface area contributed by atoms with E-state index in [2.05, 4.69) is 6.92 Å². The summed E-state index contributed by atoms with van der Waals surface area (Å²) in [4.78, 5) is 0. The molecule has 0 saturated carbocycles. The van der Waals surface area contributed by atoms with Crippen molar-refractivity contribution in [1.29, 1.82) is 0 Å². The van der Waals surface area contributed by atoms with Gasteiger partial charge in [-0.15, -0.1) is 0 Å². The highest BCUT2D eigenvalue weighted by Crippen LogP contribution is 2.16. The summed E-state index contributed by atoms with van der Waals surface area (Å²) >= 11 is 0. The molecule has 0 aromatic carbocycles. The Morgan fingerprint density at radius 1 is 1.00 bits per heavy atom. The lowest BCUT2D eigenvalue weighted by Gasteiger charge is -2.24. The summed E-state index contributed by atoms with van der Waals surface area (Å²) in [5.74, 6) is 0. The maximum atomic E-state index is 9.77. The van der Waals surface area contributed by atoms with Gasteiger partial charge in [-0.2, -0.15) is 0 Å². The Morgan fingerprint density at radius 3 is 2.00 bits per heavy atom. The Labute approximate surface area is 113 Å². The Balaban J connectivity index is 3.33. The molecule has 0 spiro atoms. The first-order valence-corrected chi connectivity index (χ1v) is 7.62. The van der Waals surface area contributed by atoms with E-state index >= 15 is 0 Å². The van der Waals surface area contributed by atoms with Crippen LogP contribution in [0.5, 0.6) is 0 Å². The zero-order valence-corrected chi connectivity index (χ0v) is 12.3. The van der Waals surface area contributed by atoms with Crippen LogP contribution >= 0.6 is 0 Å². The van der Waals surface area contributed by atoms with Gasteiger partial charge in [0.1, 0.15) is 0 Å². The van der Waals surface area contributed by atoms with Crippen molar-refractivity contribution in [3.63, 3.8) is 0 Å². The van der Waals surface area contributed by atoms with Gasteiger partial charge >= 0.3 is 0 Å². The minimum atomic E-state index is -0.917. The first kappa shape index (κ1) is 17.9. The number of hydrogen-bond acceptors (Lipinski definition) is 3. The van der Waals surface area contributed by atoms with E-state index < -0.39 is 11.7 Å². The van der Waals surface area contributed by atoms with Crippen LogP contribution in [0.2, 0.25) is 0 Å². The molecule has 0 saturated heterocycles. The molecule has 110 valence electrons. The van der Waals surface area contributed by atoms with Crippen molar-refractivity contribution in [2.75, 3.05) is 6.54 Å². The average molecular weight is 259 g/mol. The Kier molecular flexibility index (Phi) is 10.7. The minimum absolute atomic E-state index is 0.210. The molecule has 0 radical (unpaired) electrons. The molecule has 0 heterocycles. The fraction of sp³-hybridized carbons (Fsp3) is 1.00. The molecule has 18 heavy (non-hydrogen) atoms. The SMILES string of the molecule is CCCCCCCCCCC(O)CC(C)(O)CN. The second-order valence-corrected chi connectivity index (χ2v) is 5.82. The van der Waals surface area contributed by atoms with Crippen LogP contribution in [-0.4, -0.2) is 28.5 Å². The van der Waals surface area contributed by atoms with Crippen LogP contribution in [-0.2, 0) is 0 Å². The number of aliphatic hydroxyl groups excluding tert-OH is 1. The lowest BCUT2D eigenvalue weighted by atomic mass is 9.95. The van der Waals surface area contributed by atoms with E-state index in [0.29, 0.717) is 6.42 Å². The molecule has 0 bridgehead atoms. The van der Waals surface area contributed by atoms with Crippen LogP contribution in [0.1, 0.15) is 78.1 Å². The third kappa shape index (κ3) is 11.0. The highest BCUT2D eigenvalue weighted by molar-refractivity contribution is 4.77. The molecule has 0 aliphatic carbocycles. The van der Waals surface area contributed by atoms with Crippen LogP contribution in [0.4, 0.5) is 0 Å². The van der Waals surface area contributed by atoms with Crippen LogP contribution in [0, 0.1) is 0 Å². The van der Waals surface area contributed by atoms with Crippen molar-refractivity contribution in [3.05, 3.63) is 0 Å². The van der Waals surface area contributed by atoms with Crippen molar-refractivity contribution in [3.8, 4) is 0 Å². The Hall–Kier alpha value is -0.120. The molecule has 3 nitrogen and oxygen atoms in total. The van der Waals surface area contributed by atoms with Crippen LogP contribution < -0.4 is 5.73 Å². The van der Waals surface area contributed by atoms with Crippen molar-refractivity contribution in [2.45, 2.75) is 89.8 Å². The van der Waals surface area contributed by atoms with Crippen molar-refractivity contribution < 1.29 is 10.2 Å². The molecule has 2 unspecified atom stereocenters. The normalized spacial score (nSPS) is 16.5. The summed E-state index contributed by atoms with van der Waals surface area (Å²) in [6.45, 7) is 4.13. The van der Waals surface area contributed by atoms with Gasteiger partial charge in [0.2, 0.25) is 0 Å².